The third-order valence-electron chi connectivity index (χ3n) is 1.55. The Morgan fingerprint density at radius 3 is 2.38 bits per heavy atom. The van der Waals surface area contributed by atoms with E-state index in [1.54, 1.807) is 20.8 Å². The maximum absolute atomic E-state index is 11.1. The summed E-state index contributed by atoms with van der Waals surface area (Å²) in [5.41, 5.74) is -0.535. The van der Waals surface area contributed by atoms with Crippen LogP contribution in [0.1, 0.15) is 20.8 Å². The van der Waals surface area contributed by atoms with Gasteiger partial charge in [0.1, 0.15) is 6.04 Å². The summed E-state index contributed by atoms with van der Waals surface area (Å²) in [5, 5.41) is 6.13. The minimum absolute atomic E-state index is 0.535. The molecule has 0 bridgehead atoms. The van der Waals surface area contributed by atoms with Crippen molar-refractivity contribution in [3.05, 3.63) is 0 Å². The van der Waals surface area contributed by atoms with Crippen LogP contribution >= 0.6 is 0 Å². The summed E-state index contributed by atoms with van der Waals surface area (Å²) < 4.78 is 10.8. The van der Waals surface area contributed by atoms with Crippen LogP contribution in [0.3, 0.4) is 0 Å². The van der Waals surface area contributed by atoms with Gasteiger partial charge in [-0.05, 0) is 5.41 Å². The van der Waals surface area contributed by atoms with E-state index in [-0.39, 0.29) is 0 Å². The fourth-order valence-electron chi connectivity index (χ4n) is 0.806. The van der Waals surface area contributed by atoms with Crippen LogP contribution in [0.25, 0.3) is 1.43 Å². The summed E-state index contributed by atoms with van der Waals surface area (Å²) in [5.74, 6) is -0.817. The van der Waals surface area contributed by atoms with E-state index in [0.717, 1.165) is 0 Å². The molecule has 13 heavy (non-hydrogen) atoms. The minimum atomic E-state index is -0.896. The fraction of sp³-hybridized carbons (Fsp3) is 0.750. The van der Waals surface area contributed by atoms with Crippen molar-refractivity contribution in [2.24, 2.45) is 5.41 Å². The first-order valence-corrected chi connectivity index (χ1v) is 3.84. The highest BCUT2D eigenvalue weighted by molar-refractivity contribution is 5.80. The van der Waals surface area contributed by atoms with E-state index in [1.165, 1.54) is 7.11 Å². The van der Waals surface area contributed by atoms with Gasteiger partial charge in [0.15, 0.2) is 0 Å². The van der Waals surface area contributed by atoms with Gasteiger partial charge in [0.25, 0.3) is 1.43 Å². The Morgan fingerprint density at radius 2 is 2.08 bits per heavy atom. The number of amides is 1. The molecule has 0 radical (unpaired) electrons. The van der Waals surface area contributed by atoms with E-state index in [1.807, 2.05) is 0 Å². The first-order valence-electron chi connectivity index (χ1n) is 4.25. The number of rotatable bonds is 2. The number of ether oxygens (including phenoxy) is 1. The molecule has 0 unspecified atom stereocenters. The molecule has 0 fully saturated rings. The van der Waals surface area contributed by atoms with Gasteiger partial charge in [-0.15, -0.1) is 0 Å². The molecule has 5 heteroatoms. The Kier molecular flexibility index (Phi) is 3.11. The second kappa shape index (κ2) is 4.11. The van der Waals surface area contributed by atoms with E-state index >= 15 is 0 Å². The second-order valence-electron chi connectivity index (χ2n) is 3.75. The highest BCUT2D eigenvalue weighted by atomic mass is 16.5. The normalized spacial score (nSPS) is 14.0. The number of alkyl carbamates (subject to hydrolysis) is 1. The first kappa shape index (κ1) is 9.83. The van der Waals surface area contributed by atoms with Crippen LogP contribution in [0.15, 0.2) is 0 Å². The van der Waals surface area contributed by atoms with Crippen LogP contribution in [0.5, 0.6) is 0 Å². The van der Waals surface area contributed by atoms with Crippen molar-refractivity contribution in [1.82, 2.24) is 5.32 Å². The lowest BCUT2D eigenvalue weighted by atomic mass is 9.87. The SMILES string of the molecule is [2H]OC(=O)[C@@H](NC(=O)OC)C(C)(C)C. The quantitative estimate of drug-likeness (QED) is 0.676. The van der Waals surface area contributed by atoms with Crippen molar-refractivity contribution in [1.29, 1.82) is 1.43 Å². The predicted molar refractivity (Wildman–Crippen MR) is 46.4 cm³/mol. The van der Waals surface area contributed by atoms with E-state index in [9.17, 15) is 9.59 Å². The molecule has 0 aliphatic heterocycles. The maximum Gasteiger partial charge on any atom is 0.407 e. The number of carbonyl (C=O) groups excluding carboxylic acids is 1. The van der Waals surface area contributed by atoms with Gasteiger partial charge in [-0.2, -0.15) is 0 Å². The van der Waals surface area contributed by atoms with Crippen LogP contribution in [-0.4, -0.2) is 30.3 Å². The number of nitrogens with one attached hydrogen (secondary N) is 1. The molecule has 1 atom stereocenters. The number of hydrogen-bond donors (Lipinski definition) is 2. The van der Waals surface area contributed by atoms with Crippen LogP contribution in [0.2, 0.25) is 0 Å². The van der Waals surface area contributed by atoms with Crippen molar-refractivity contribution in [3.8, 4) is 0 Å². The number of hydrogen-bond acceptors (Lipinski definition) is 4. The molecule has 0 aliphatic rings. The van der Waals surface area contributed by atoms with Gasteiger partial charge in [0, 0.05) is 0 Å². The van der Waals surface area contributed by atoms with Crippen molar-refractivity contribution in [2.45, 2.75) is 26.8 Å². The summed E-state index contributed by atoms with van der Waals surface area (Å²) in [6.07, 6.45) is -0.727. The van der Waals surface area contributed by atoms with Crippen molar-refractivity contribution >= 4 is 12.1 Å². The summed E-state index contributed by atoms with van der Waals surface area (Å²) >= 11 is 0. The molecular weight excluding hydrogens is 174 g/mol. The van der Waals surface area contributed by atoms with Crippen molar-refractivity contribution < 1.29 is 19.4 Å². The molecule has 0 saturated heterocycles. The zero-order chi connectivity index (χ0) is 11.4. The lowest BCUT2D eigenvalue weighted by Crippen LogP contribution is -2.49. The Balaban J connectivity index is 4.58. The van der Waals surface area contributed by atoms with Gasteiger partial charge in [-0.3, -0.25) is 0 Å². The smallest absolute Gasteiger partial charge is 0.407 e. The number of aliphatic carboxylic acids is 1. The molecule has 1 amide bonds. The topological polar surface area (TPSA) is 75.6 Å². The zero-order valence-electron chi connectivity index (χ0n) is 9.21. The van der Waals surface area contributed by atoms with Crippen LogP contribution < -0.4 is 5.32 Å². The Morgan fingerprint density at radius 1 is 1.54 bits per heavy atom. The monoisotopic (exact) mass is 190 g/mol. The average molecular weight is 190 g/mol. The molecule has 0 aromatic heterocycles. The van der Waals surface area contributed by atoms with Gasteiger partial charge < -0.3 is 15.2 Å². The summed E-state index contributed by atoms with van der Waals surface area (Å²) in [6, 6.07) is -0.896. The molecule has 0 aromatic carbocycles. The Hall–Kier alpha value is -1.26. The molecular formula is C8H15NO4. The molecule has 0 saturated carbocycles. The summed E-state index contributed by atoms with van der Waals surface area (Å²) in [7, 11) is 1.20. The number of carbonyl (C=O) groups is 2. The van der Waals surface area contributed by atoms with Gasteiger partial charge in [-0.25, -0.2) is 9.59 Å². The number of methoxy groups -OCH3 is 1. The molecule has 0 heterocycles. The Bertz CT molecular complexity index is 224. The van der Waals surface area contributed by atoms with Gasteiger partial charge in [0.05, 0.1) is 7.11 Å². The van der Waals surface area contributed by atoms with Gasteiger partial charge in [0.2, 0.25) is 0 Å². The van der Waals surface area contributed by atoms with E-state index in [4.69, 9.17) is 1.43 Å². The van der Waals surface area contributed by atoms with Gasteiger partial charge >= 0.3 is 12.1 Å². The maximum atomic E-state index is 11.1. The molecule has 2 N–H and O–H groups in total. The van der Waals surface area contributed by atoms with E-state index in [0.29, 0.717) is 0 Å². The first-order chi connectivity index (χ1) is 6.32. The highest BCUT2D eigenvalue weighted by Gasteiger charge is 2.32. The third-order valence-corrected chi connectivity index (χ3v) is 1.55. The summed E-state index contributed by atoms with van der Waals surface area (Å²) in [4.78, 5) is 22.0. The minimum Gasteiger partial charge on any atom is -0.480 e. The van der Waals surface area contributed by atoms with E-state index < -0.39 is 23.5 Å². The molecule has 0 aliphatic carbocycles. The largest absolute Gasteiger partial charge is 0.480 e. The van der Waals surface area contributed by atoms with E-state index in [2.05, 4.69) is 15.2 Å². The molecule has 0 spiro atoms. The molecule has 0 rings (SSSR count). The van der Waals surface area contributed by atoms with Crippen molar-refractivity contribution in [2.75, 3.05) is 7.11 Å². The molecule has 76 valence electrons. The zero-order valence-corrected chi connectivity index (χ0v) is 8.21. The number of carboxylic acid groups (broad SMARTS) is 1. The average Bonchev–Trinajstić information content (AvgIpc) is 2.10. The predicted octanol–water partition coefficient (Wildman–Crippen LogP) is 0.842. The second-order valence-corrected chi connectivity index (χ2v) is 3.75. The molecule has 0 aromatic rings. The fourth-order valence-corrected chi connectivity index (χ4v) is 0.806. The van der Waals surface area contributed by atoms with Crippen LogP contribution in [0, 0.1) is 5.41 Å². The van der Waals surface area contributed by atoms with Crippen molar-refractivity contribution in [3.63, 3.8) is 0 Å². The van der Waals surface area contributed by atoms with Crippen LogP contribution in [-0.2, 0) is 9.53 Å². The lowest BCUT2D eigenvalue weighted by molar-refractivity contribution is -0.142. The third kappa shape index (κ3) is 3.78. The lowest BCUT2D eigenvalue weighted by Gasteiger charge is -2.26. The standard InChI is InChI=1S/C8H15NO4/c1-8(2,3)5(6(10)11)9-7(12)13-4/h5H,1-4H3,(H,9,12)(H,10,11)/t5-/m1/s1/i/hD. The number of carboxylic acids is 1. The molecule has 5 nitrogen and oxygen atoms in total. The van der Waals surface area contributed by atoms with Crippen LogP contribution in [0.4, 0.5) is 4.79 Å². The summed E-state index contributed by atoms with van der Waals surface area (Å²) in [6.45, 7) is 5.22. The Labute approximate surface area is 78.6 Å². The highest BCUT2D eigenvalue weighted by Crippen LogP contribution is 2.19. The van der Waals surface area contributed by atoms with Gasteiger partial charge in [-0.1, -0.05) is 20.8 Å².